The molecule has 0 radical (unpaired) electrons. The first-order chi connectivity index (χ1) is 4.43. The number of nitrogens with two attached hydrogens (primary N) is 1. The van der Waals surface area contributed by atoms with Crippen molar-refractivity contribution in [1.82, 2.24) is 0 Å². The Labute approximate surface area is 55.5 Å². The summed E-state index contributed by atoms with van der Waals surface area (Å²) < 4.78 is 0. The van der Waals surface area contributed by atoms with Crippen LogP contribution >= 0.6 is 0 Å². The summed E-state index contributed by atoms with van der Waals surface area (Å²) in [5.41, 5.74) is 6.50. The highest BCUT2D eigenvalue weighted by Gasteiger charge is 1.94. The fourth-order valence-corrected chi connectivity index (χ4v) is 0.873. The second kappa shape index (κ2) is 3.41. The van der Waals surface area contributed by atoms with Crippen LogP contribution in [0.1, 0.15) is 19.3 Å². The minimum Gasteiger partial charge on any atom is -0.330 e. The van der Waals surface area contributed by atoms with Crippen molar-refractivity contribution >= 4 is 6.21 Å². The molecule has 2 nitrogen and oxygen atoms in total. The molecule has 0 unspecified atom stereocenters. The topological polar surface area (TPSA) is 38.4 Å². The van der Waals surface area contributed by atoms with Gasteiger partial charge < -0.3 is 5.73 Å². The largest absolute Gasteiger partial charge is 0.330 e. The van der Waals surface area contributed by atoms with Crippen LogP contribution in [0.15, 0.2) is 16.8 Å². The summed E-state index contributed by atoms with van der Waals surface area (Å²) in [6.07, 6.45) is 7.28. The van der Waals surface area contributed by atoms with E-state index in [2.05, 4.69) is 11.1 Å². The summed E-state index contributed by atoms with van der Waals surface area (Å²) in [4.78, 5) is 4.18. The van der Waals surface area contributed by atoms with Gasteiger partial charge in [0.05, 0.1) is 0 Å². The third-order valence-corrected chi connectivity index (χ3v) is 1.33. The van der Waals surface area contributed by atoms with Crippen LogP contribution in [0.4, 0.5) is 0 Å². The van der Waals surface area contributed by atoms with E-state index < -0.39 is 0 Å². The highest BCUT2D eigenvalue weighted by Crippen LogP contribution is 2.08. The molecule has 0 bridgehead atoms. The fourth-order valence-electron chi connectivity index (χ4n) is 0.873. The van der Waals surface area contributed by atoms with Gasteiger partial charge in [-0.15, -0.1) is 0 Å². The molecule has 9 heavy (non-hydrogen) atoms. The zero-order valence-electron chi connectivity index (χ0n) is 5.51. The summed E-state index contributed by atoms with van der Waals surface area (Å²) in [6.45, 7) is 0.711. The Bertz CT molecular complexity index is 136. The zero-order valence-corrected chi connectivity index (χ0v) is 5.51. The quantitative estimate of drug-likeness (QED) is 0.587. The Hall–Kier alpha value is -0.630. The minimum atomic E-state index is 0.711. The standard InChI is InChI=1S/C7H12N2/c8-5-4-7-3-1-2-6-9-7/h3,6H,1-2,4-5,8H2. The molecule has 50 valence electrons. The molecule has 0 aromatic heterocycles. The Morgan fingerprint density at radius 2 is 2.44 bits per heavy atom. The summed E-state index contributed by atoms with van der Waals surface area (Å²) in [7, 11) is 0. The van der Waals surface area contributed by atoms with Gasteiger partial charge in [0.25, 0.3) is 0 Å². The Balaban J connectivity index is 2.38. The molecule has 1 aliphatic heterocycles. The first kappa shape index (κ1) is 6.49. The van der Waals surface area contributed by atoms with Crippen molar-refractivity contribution < 1.29 is 0 Å². The van der Waals surface area contributed by atoms with E-state index in [-0.39, 0.29) is 0 Å². The molecule has 0 saturated heterocycles. The molecular formula is C7H12N2. The van der Waals surface area contributed by atoms with Gasteiger partial charge in [0.15, 0.2) is 0 Å². The summed E-state index contributed by atoms with van der Waals surface area (Å²) in [6, 6.07) is 0. The Kier molecular flexibility index (Phi) is 2.46. The highest BCUT2D eigenvalue weighted by molar-refractivity contribution is 5.60. The van der Waals surface area contributed by atoms with Crippen LogP contribution in [0, 0.1) is 0 Å². The lowest BCUT2D eigenvalue weighted by Gasteiger charge is -2.02. The summed E-state index contributed by atoms with van der Waals surface area (Å²) in [5.74, 6) is 0. The molecule has 0 saturated carbocycles. The fraction of sp³-hybridized carbons (Fsp3) is 0.571. The summed E-state index contributed by atoms with van der Waals surface area (Å²) >= 11 is 0. The molecule has 1 aliphatic rings. The lowest BCUT2D eigenvalue weighted by molar-refractivity contribution is 0.903. The SMILES string of the molecule is NCCC1=CCCC=N1. The second-order valence-electron chi connectivity index (χ2n) is 2.12. The maximum atomic E-state index is 5.34. The number of hydrogen-bond acceptors (Lipinski definition) is 2. The third kappa shape index (κ3) is 1.98. The van der Waals surface area contributed by atoms with Crippen LogP contribution in [0.5, 0.6) is 0 Å². The molecule has 0 aliphatic carbocycles. The molecule has 1 heterocycles. The van der Waals surface area contributed by atoms with E-state index >= 15 is 0 Å². The molecule has 0 amide bonds. The van der Waals surface area contributed by atoms with Crippen molar-refractivity contribution in [3.63, 3.8) is 0 Å². The predicted octanol–water partition coefficient (Wildman–Crippen LogP) is 1.08. The molecular weight excluding hydrogens is 112 g/mol. The lowest BCUT2D eigenvalue weighted by Crippen LogP contribution is -2.00. The van der Waals surface area contributed by atoms with Gasteiger partial charge in [0.2, 0.25) is 0 Å². The van der Waals surface area contributed by atoms with Crippen molar-refractivity contribution in [2.75, 3.05) is 6.54 Å². The van der Waals surface area contributed by atoms with E-state index in [9.17, 15) is 0 Å². The van der Waals surface area contributed by atoms with Crippen LogP contribution < -0.4 is 5.73 Å². The number of hydrogen-bond donors (Lipinski definition) is 1. The molecule has 1 rings (SSSR count). The minimum absolute atomic E-state index is 0.711. The molecule has 0 spiro atoms. The van der Waals surface area contributed by atoms with Crippen molar-refractivity contribution in [2.45, 2.75) is 19.3 Å². The van der Waals surface area contributed by atoms with Crippen LogP contribution in [0.2, 0.25) is 0 Å². The normalized spacial score (nSPS) is 17.7. The molecule has 2 heteroatoms. The first-order valence-corrected chi connectivity index (χ1v) is 3.35. The van der Waals surface area contributed by atoms with Gasteiger partial charge in [-0.25, -0.2) is 0 Å². The van der Waals surface area contributed by atoms with Gasteiger partial charge >= 0.3 is 0 Å². The number of nitrogens with zero attached hydrogens (tertiary/aromatic N) is 1. The van der Waals surface area contributed by atoms with E-state index in [1.54, 1.807) is 0 Å². The zero-order chi connectivity index (χ0) is 6.53. The smallest absolute Gasteiger partial charge is 0.0372 e. The maximum Gasteiger partial charge on any atom is 0.0372 e. The first-order valence-electron chi connectivity index (χ1n) is 3.35. The summed E-state index contributed by atoms with van der Waals surface area (Å²) in [5, 5.41) is 0. The predicted molar refractivity (Wildman–Crippen MR) is 39.5 cm³/mol. The van der Waals surface area contributed by atoms with Gasteiger partial charge in [-0.2, -0.15) is 0 Å². The molecule has 0 atom stereocenters. The van der Waals surface area contributed by atoms with Crippen molar-refractivity contribution in [1.29, 1.82) is 0 Å². The van der Waals surface area contributed by atoms with Gasteiger partial charge in [0.1, 0.15) is 0 Å². The van der Waals surface area contributed by atoms with E-state index in [0.717, 1.165) is 25.0 Å². The van der Waals surface area contributed by atoms with Gasteiger partial charge in [0, 0.05) is 18.3 Å². The van der Waals surface area contributed by atoms with Crippen molar-refractivity contribution in [3.05, 3.63) is 11.8 Å². The average molecular weight is 124 g/mol. The number of aliphatic imine (C=N–C) groups is 1. The molecule has 0 fully saturated rings. The highest BCUT2D eigenvalue weighted by atomic mass is 14.7. The third-order valence-electron chi connectivity index (χ3n) is 1.33. The van der Waals surface area contributed by atoms with Crippen LogP contribution in [-0.2, 0) is 0 Å². The van der Waals surface area contributed by atoms with E-state index in [1.165, 1.54) is 0 Å². The van der Waals surface area contributed by atoms with Crippen LogP contribution in [0.3, 0.4) is 0 Å². The van der Waals surface area contributed by atoms with Gasteiger partial charge in [-0.1, -0.05) is 6.08 Å². The van der Waals surface area contributed by atoms with Gasteiger partial charge in [-0.3, -0.25) is 4.99 Å². The van der Waals surface area contributed by atoms with E-state index in [4.69, 9.17) is 5.73 Å². The molecule has 0 aromatic rings. The van der Waals surface area contributed by atoms with Crippen LogP contribution in [-0.4, -0.2) is 12.8 Å². The van der Waals surface area contributed by atoms with E-state index in [0.29, 0.717) is 6.54 Å². The molecule has 0 aromatic carbocycles. The van der Waals surface area contributed by atoms with Crippen LogP contribution in [0.25, 0.3) is 0 Å². The van der Waals surface area contributed by atoms with Crippen molar-refractivity contribution in [2.24, 2.45) is 10.7 Å². The Morgan fingerprint density at radius 3 is 3.00 bits per heavy atom. The number of allylic oxidation sites excluding steroid dienone is 1. The van der Waals surface area contributed by atoms with E-state index in [1.807, 2.05) is 6.21 Å². The maximum absolute atomic E-state index is 5.34. The lowest BCUT2D eigenvalue weighted by atomic mass is 10.2. The monoisotopic (exact) mass is 124 g/mol. The van der Waals surface area contributed by atoms with Gasteiger partial charge in [-0.05, 0) is 19.4 Å². The second-order valence-corrected chi connectivity index (χ2v) is 2.12. The Morgan fingerprint density at radius 1 is 1.56 bits per heavy atom. The molecule has 2 N–H and O–H groups in total. The van der Waals surface area contributed by atoms with Crippen molar-refractivity contribution in [3.8, 4) is 0 Å². The average Bonchev–Trinajstić information content (AvgIpc) is 1.91. The number of rotatable bonds is 2.